The third kappa shape index (κ3) is 3.95. The van der Waals surface area contributed by atoms with Crippen molar-refractivity contribution in [3.05, 3.63) is 48.1 Å². The first-order valence-corrected chi connectivity index (χ1v) is 6.65. The molecule has 1 aliphatic heterocycles. The fourth-order valence-corrected chi connectivity index (χ4v) is 2.21. The number of amides is 1. The van der Waals surface area contributed by atoms with Gasteiger partial charge in [0.2, 0.25) is 5.91 Å². The molecule has 1 heterocycles. The quantitative estimate of drug-likeness (QED) is 0.441. The van der Waals surface area contributed by atoms with E-state index >= 15 is 0 Å². The van der Waals surface area contributed by atoms with Crippen molar-refractivity contribution in [1.29, 1.82) is 0 Å². The second kappa shape index (κ2) is 8.18. The molecule has 0 bridgehead atoms. The van der Waals surface area contributed by atoms with Crippen LogP contribution in [0.5, 0.6) is 5.75 Å². The molecule has 1 aliphatic rings. The van der Waals surface area contributed by atoms with E-state index in [0.717, 1.165) is 17.0 Å². The maximum atomic E-state index is 14.1. The van der Waals surface area contributed by atoms with Gasteiger partial charge in [0.15, 0.2) is 0 Å². The number of nitrogens with zero attached hydrogens (tertiary/aromatic N) is 1. The van der Waals surface area contributed by atoms with Gasteiger partial charge < -0.3 is 9.64 Å². The van der Waals surface area contributed by atoms with Gasteiger partial charge in [0.25, 0.3) is 0 Å². The fourth-order valence-electron chi connectivity index (χ4n) is 1.98. The summed E-state index contributed by atoms with van der Waals surface area (Å²) in [6.45, 7) is 3.59. The summed E-state index contributed by atoms with van der Waals surface area (Å²) in [5.74, 6) is -2.03. The molecular weight excluding hydrogens is 389 g/mol. The Morgan fingerprint density at radius 3 is 2.64 bits per heavy atom. The summed E-state index contributed by atoms with van der Waals surface area (Å²) in [6, 6.07) is 2.11. The summed E-state index contributed by atoms with van der Waals surface area (Å²) in [7, 11) is 1.40. The number of hydrogen-bond donors (Lipinski definition) is 0. The van der Waals surface area contributed by atoms with Crippen LogP contribution in [-0.2, 0) is 37.5 Å². The first-order valence-electron chi connectivity index (χ1n) is 6.21. The molecule has 0 saturated heterocycles. The van der Waals surface area contributed by atoms with Gasteiger partial charge in [0, 0.05) is 39.8 Å². The average Bonchev–Trinajstić information content (AvgIpc) is 2.44. The summed E-state index contributed by atoms with van der Waals surface area (Å²) in [6.07, 6.45) is 4.33. The minimum Gasteiger partial charge on any atom is -0.489 e. The van der Waals surface area contributed by atoms with Crippen molar-refractivity contribution in [1.82, 2.24) is 4.90 Å². The Hall–Kier alpha value is -0.776. The van der Waals surface area contributed by atoms with Crippen molar-refractivity contribution in [3.63, 3.8) is 0 Å². The average molecular weight is 402 g/mol. The van der Waals surface area contributed by atoms with E-state index in [1.54, 1.807) is 0 Å². The van der Waals surface area contributed by atoms with E-state index in [2.05, 4.69) is 12.7 Å². The molecule has 0 saturated carbocycles. The molecular formula is C15H13ClF2NO2Y-. The number of carbonyl (C=O) groups is 1. The van der Waals surface area contributed by atoms with E-state index in [1.165, 1.54) is 13.1 Å². The van der Waals surface area contributed by atoms with Crippen molar-refractivity contribution >= 4 is 23.2 Å². The Bertz CT molecular complexity index is 599. The number of benzene rings is 1. The molecule has 0 aliphatic carbocycles. The number of allylic oxidation sites excluding steroid dienone is 1. The van der Waals surface area contributed by atoms with Crippen LogP contribution in [0.4, 0.5) is 8.78 Å². The zero-order valence-corrected chi connectivity index (χ0v) is 15.5. The van der Waals surface area contributed by atoms with Gasteiger partial charge in [0.05, 0.1) is 11.6 Å². The number of halogens is 3. The predicted molar refractivity (Wildman–Crippen MR) is 75.7 cm³/mol. The molecule has 1 radical (unpaired) electrons. The van der Waals surface area contributed by atoms with Crippen LogP contribution in [0.3, 0.4) is 0 Å². The molecule has 7 heteroatoms. The Kier molecular flexibility index (Phi) is 7.17. The van der Waals surface area contributed by atoms with Crippen LogP contribution in [0.15, 0.2) is 24.8 Å². The van der Waals surface area contributed by atoms with Crippen LogP contribution in [0.25, 0.3) is 5.70 Å². The second-order valence-corrected chi connectivity index (χ2v) is 4.98. The number of hydrogen-bond acceptors (Lipinski definition) is 2. The van der Waals surface area contributed by atoms with Crippen LogP contribution in [0.1, 0.15) is 12.0 Å². The van der Waals surface area contributed by atoms with Gasteiger partial charge in [-0.05, 0) is 12.1 Å². The molecule has 22 heavy (non-hydrogen) atoms. The molecule has 1 aromatic rings. The van der Waals surface area contributed by atoms with Crippen LogP contribution >= 0.6 is 11.6 Å². The van der Waals surface area contributed by atoms with Crippen molar-refractivity contribution in [2.45, 2.75) is 11.8 Å². The summed E-state index contributed by atoms with van der Waals surface area (Å²) >= 11 is 5.79. The fraction of sp³-hybridized carbons (Fsp3) is 0.267. The van der Waals surface area contributed by atoms with Gasteiger partial charge in [-0.2, -0.15) is 0 Å². The zero-order valence-electron chi connectivity index (χ0n) is 11.9. The van der Waals surface area contributed by atoms with E-state index in [9.17, 15) is 13.6 Å². The van der Waals surface area contributed by atoms with Gasteiger partial charge in [-0.3, -0.25) is 4.79 Å². The normalized spacial score (nSPS) is 17.6. The molecule has 0 fully saturated rings. The summed E-state index contributed by atoms with van der Waals surface area (Å²) in [5.41, 5.74) is -0.275. The van der Waals surface area contributed by atoms with E-state index in [1.807, 2.05) is 0 Å². The van der Waals surface area contributed by atoms with E-state index in [4.69, 9.17) is 16.3 Å². The van der Waals surface area contributed by atoms with Gasteiger partial charge in [-0.15, -0.1) is 17.3 Å². The largest absolute Gasteiger partial charge is 0.489 e. The Morgan fingerprint density at radius 1 is 1.50 bits per heavy atom. The molecule has 0 N–H and O–H groups in total. The monoisotopic (exact) mass is 401 g/mol. The molecule has 1 amide bonds. The van der Waals surface area contributed by atoms with Gasteiger partial charge >= 0.3 is 0 Å². The molecule has 115 valence electrons. The summed E-state index contributed by atoms with van der Waals surface area (Å²) in [5, 5.41) is -0.764. The smallest absolute Gasteiger partial charge is 0.240 e. The first-order chi connectivity index (χ1) is 9.95. The maximum Gasteiger partial charge on any atom is 0.240 e. The first kappa shape index (κ1) is 19.3. The molecule has 1 atom stereocenters. The number of ether oxygens (including phenoxy) is 1. The predicted octanol–water partition coefficient (Wildman–Crippen LogP) is 3.14. The zero-order chi connectivity index (χ0) is 15.6. The number of rotatable bonds is 4. The van der Waals surface area contributed by atoms with Crippen LogP contribution < -0.4 is 4.74 Å². The van der Waals surface area contributed by atoms with E-state index in [-0.39, 0.29) is 62.7 Å². The second-order valence-electron chi connectivity index (χ2n) is 4.46. The number of carbonyl (C=O) groups excluding carboxylic acids is 1. The Balaban J connectivity index is 0.00000242. The third-order valence-corrected chi connectivity index (χ3v) is 3.34. The minimum absolute atomic E-state index is 0. The molecule has 2 rings (SSSR count). The molecule has 1 unspecified atom stereocenters. The van der Waals surface area contributed by atoms with Gasteiger partial charge in [-0.1, -0.05) is 24.6 Å². The Morgan fingerprint density at radius 2 is 2.09 bits per heavy atom. The van der Waals surface area contributed by atoms with Gasteiger partial charge in [0.1, 0.15) is 17.7 Å². The molecule has 0 aromatic heterocycles. The third-order valence-electron chi connectivity index (χ3n) is 3.00. The van der Waals surface area contributed by atoms with Crippen LogP contribution in [-0.4, -0.2) is 29.8 Å². The molecule has 1 aromatic carbocycles. The van der Waals surface area contributed by atoms with Crippen molar-refractivity contribution in [2.24, 2.45) is 0 Å². The standard InChI is InChI=1S/C15H13ClF2NO2.Y/c1-3-6-21-9-7-11(17)14(12(18)8-9)13-5-4-10(16)15(20)19(13)2;/h3,7-8,10H,1,4,6H2,2H3;/q-1;. The maximum absolute atomic E-state index is 14.1. The summed E-state index contributed by atoms with van der Waals surface area (Å²) in [4.78, 5) is 12.9. The van der Waals surface area contributed by atoms with Gasteiger partial charge in [-0.25, -0.2) is 14.9 Å². The van der Waals surface area contributed by atoms with Crippen molar-refractivity contribution in [2.75, 3.05) is 13.7 Å². The van der Waals surface area contributed by atoms with Crippen molar-refractivity contribution < 1.29 is 51.0 Å². The SMILES string of the molecule is C=CCOc1cc(F)c(C2=[C-]CC(Cl)C(=O)N2C)c(F)c1.[Y]. The molecule has 3 nitrogen and oxygen atoms in total. The van der Waals surface area contributed by atoms with Crippen LogP contribution in [0.2, 0.25) is 0 Å². The Labute approximate surface area is 157 Å². The molecule has 0 spiro atoms. The topological polar surface area (TPSA) is 29.5 Å². The van der Waals surface area contributed by atoms with Crippen LogP contribution in [0, 0.1) is 17.7 Å². The summed E-state index contributed by atoms with van der Waals surface area (Å²) < 4.78 is 33.4. The van der Waals surface area contributed by atoms with Crippen molar-refractivity contribution in [3.8, 4) is 5.75 Å². The minimum atomic E-state index is -0.829. The van der Waals surface area contributed by atoms with E-state index < -0.39 is 22.9 Å². The van der Waals surface area contributed by atoms with E-state index in [0.29, 0.717) is 0 Å². The number of alkyl halides is 1.